The van der Waals surface area contributed by atoms with Crippen molar-refractivity contribution in [1.82, 2.24) is 5.32 Å². The molecule has 94 valence electrons. The number of hydrogen-bond acceptors (Lipinski definition) is 4. The first-order valence-electron chi connectivity index (χ1n) is 4.93. The smallest absolute Gasteiger partial charge is 0.408 e. The lowest BCUT2D eigenvalue weighted by molar-refractivity contribution is -0.143. The number of alkyl halides is 1. The van der Waals surface area contributed by atoms with Crippen LogP contribution in [0.3, 0.4) is 0 Å². The average molecular weight is 296 g/mol. The molecule has 0 aromatic rings. The molecule has 1 atom stereocenters. The summed E-state index contributed by atoms with van der Waals surface area (Å²) in [6.45, 7) is 5.26. The number of rotatable bonds is 4. The highest BCUT2D eigenvalue weighted by Gasteiger charge is 2.24. The molecule has 1 N–H and O–H groups in total. The Morgan fingerprint density at radius 3 is 2.31 bits per heavy atom. The van der Waals surface area contributed by atoms with Crippen molar-refractivity contribution in [2.24, 2.45) is 0 Å². The third kappa shape index (κ3) is 6.66. The van der Waals surface area contributed by atoms with E-state index in [4.69, 9.17) is 4.74 Å². The summed E-state index contributed by atoms with van der Waals surface area (Å²) >= 11 is 3.20. The minimum atomic E-state index is -0.681. The van der Waals surface area contributed by atoms with Gasteiger partial charge in [0.15, 0.2) is 0 Å². The van der Waals surface area contributed by atoms with Crippen LogP contribution in [0.5, 0.6) is 0 Å². The number of nitrogens with one attached hydrogen (secondary N) is 1. The van der Waals surface area contributed by atoms with Gasteiger partial charge >= 0.3 is 12.1 Å². The van der Waals surface area contributed by atoms with Crippen LogP contribution >= 0.6 is 15.9 Å². The molecule has 0 unspecified atom stereocenters. The Bertz CT molecular complexity index is 250. The predicted molar refractivity (Wildman–Crippen MR) is 63.6 cm³/mol. The van der Waals surface area contributed by atoms with Gasteiger partial charge in [-0.15, -0.1) is 0 Å². The molecule has 0 saturated heterocycles. The van der Waals surface area contributed by atoms with Gasteiger partial charge in [0.25, 0.3) is 0 Å². The minimum Gasteiger partial charge on any atom is -0.467 e. The van der Waals surface area contributed by atoms with Crippen molar-refractivity contribution in [1.29, 1.82) is 0 Å². The third-order valence-corrected chi connectivity index (χ3v) is 2.03. The summed E-state index contributed by atoms with van der Waals surface area (Å²) in [4.78, 5) is 22.7. The Labute approximate surface area is 104 Å². The van der Waals surface area contributed by atoms with Crippen LogP contribution in [0.1, 0.15) is 27.2 Å². The summed E-state index contributed by atoms with van der Waals surface area (Å²) < 4.78 is 9.60. The fourth-order valence-electron chi connectivity index (χ4n) is 0.950. The molecule has 1 amide bonds. The number of carbonyl (C=O) groups is 2. The molecule has 0 saturated carbocycles. The van der Waals surface area contributed by atoms with Crippen LogP contribution in [-0.2, 0) is 14.3 Å². The molecule has 0 bridgehead atoms. The molecule has 0 aliphatic carbocycles. The first-order chi connectivity index (χ1) is 7.30. The minimum absolute atomic E-state index is 0.450. The van der Waals surface area contributed by atoms with Gasteiger partial charge in [-0.05, 0) is 27.2 Å². The molecule has 6 heteroatoms. The molecule has 0 heterocycles. The number of methoxy groups -OCH3 is 1. The van der Waals surface area contributed by atoms with Gasteiger partial charge in [-0.1, -0.05) is 15.9 Å². The summed E-state index contributed by atoms with van der Waals surface area (Å²) in [6.07, 6.45) is -0.171. The summed E-state index contributed by atoms with van der Waals surface area (Å²) in [5.74, 6) is -0.481. The van der Waals surface area contributed by atoms with E-state index in [9.17, 15) is 9.59 Å². The zero-order valence-corrected chi connectivity index (χ0v) is 11.6. The maximum absolute atomic E-state index is 11.4. The van der Waals surface area contributed by atoms with Crippen LogP contribution < -0.4 is 5.32 Å². The summed E-state index contributed by atoms with van der Waals surface area (Å²) in [7, 11) is 1.28. The van der Waals surface area contributed by atoms with Crippen molar-refractivity contribution in [2.45, 2.75) is 38.8 Å². The highest BCUT2D eigenvalue weighted by molar-refractivity contribution is 9.09. The van der Waals surface area contributed by atoms with Crippen LogP contribution in [-0.4, -0.2) is 36.1 Å². The van der Waals surface area contributed by atoms with Crippen LogP contribution in [0.2, 0.25) is 0 Å². The first kappa shape index (κ1) is 15.2. The maximum Gasteiger partial charge on any atom is 0.408 e. The Morgan fingerprint density at radius 2 is 1.94 bits per heavy atom. The number of hydrogen-bond donors (Lipinski definition) is 1. The topological polar surface area (TPSA) is 64.6 Å². The maximum atomic E-state index is 11.4. The summed E-state index contributed by atoms with van der Waals surface area (Å²) in [6, 6.07) is -0.681. The largest absolute Gasteiger partial charge is 0.467 e. The average Bonchev–Trinajstić information content (AvgIpc) is 2.13. The second kappa shape index (κ2) is 6.73. The normalized spacial score (nSPS) is 12.8. The molecular formula is C10H18BrNO4. The molecule has 0 radical (unpaired) electrons. The highest BCUT2D eigenvalue weighted by Crippen LogP contribution is 2.07. The fourth-order valence-corrected chi connectivity index (χ4v) is 1.41. The monoisotopic (exact) mass is 295 g/mol. The third-order valence-electron chi connectivity index (χ3n) is 1.57. The molecule has 0 aliphatic rings. The van der Waals surface area contributed by atoms with Gasteiger partial charge in [0.05, 0.1) is 7.11 Å². The lowest BCUT2D eigenvalue weighted by atomic mass is 10.2. The Hall–Kier alpha value is -0.780. The van der Waals surface area contributed by atoms with E-state index >= 15 is 0 Å². The second-order valence-corrected chi connectivity index (χ2v) is 4.99. The number of carbonyl (C=O) groups excluding carboxylic acids is 2. The van der Waals surface area contributed by atoms with Gasteiger partial charge in [0.1, 0.15) is 11.6 Å². The fraction of sp³-hybridized carbons (Fsp3) is 0.800. The Kier molecular flexibility index (Phi) is 6.40. The van der Waals surface area contributed by atoms with Gasteiger partial charge < -0.3 is 14.8 Å². The first-order valence-corrected chi connectivity index (χ1v) is 6.05. The molecule has 0 fully saturated rings. The highest BCUT2D eigenvalue weighted by atomic mass is 79.9. The lowest BCUT2D eigenvalue weighted by Gasteiger charge is -2.22. The van der Waals surface area contributed by atoms with E-state index in [1.807, 2.05) is 0 Å². The Balaban J connectivity index is 4.29. The summed E-state index contributed by atoms with van der Waals surface area (Å²) in [5, 5.41) is 3.05. The van der Waals surface area contributed by atoms with Crippen LogP contribution in [0.15, 0.2) is 0 Å². The van der Waals surface area contributed by atoms with Crippen LogP contribution in [0, 0.1) is 0 Å². The number of halogens is 1. The SMILES string of the molecule is COC(=O)[C@@H](CCBr)NC(=O)OC(C)(C)C. The lowest BCUT2D eigenvalue weighted by Crippen LogP contribution is -2.44. The van der Waals surface area contributed by atoms with Gasteiger partial charge in [-0.2, -0.15) is 0 Å². The standard InChI is InChI=1S/C10H18BrNO4/c1-10(2,3)16-9(14)12-7(5-6-11)8(13)15-4/h7H,5-6H2,1-4H3,(H,12,14)/t7-/m1/s1. The number of alkyl carbamates (subject to hydrolysis) is 1. The van der Waals surface area contributed by atoms with Crippen molar-refractivity contribution in [3.63, 3.8) is 0 Å². The van der Waals surface area contributed by atoms with Gasteiger partial charge in [-0.25, -0.2) is 9.59 Å². The molecule has 16 heavy (non-hydrogen) atoms. The van der Waals surface area contributed by atoms with Gasteiger partial charge in [0, 0.05) is 5.33 Å². The van der Waals surface area contributed by atoms with Gasteiger partial charge in [0.2, 0.25) is 0 Å². The van der Waals surface area contributed by atoms with Crippen LogP contribution in [0.25, 0.3) is 0 Å². The molecule has 0 spiro atoms. The predicted octanol–water partition coefficient (Wildman–Crippen LogP) is 1.84. The van der Waals surface area contributed by atoms with Crippen molar-refractivity contribution < 1.29 is 19.1 Å². The van der Waals surface area contributed by atoms with E-state index < -0.39 is 23.7 Å². The van der Waals surface area contributed by atoms with E-state index in [-0.39, 0.29) is 0 Å². The molecule has 0 aromatic heterocycles. The van der Waals surface area contributed by atoms with Crippen molar-refractivity contribution in [2.75, 3.05) is 12.4 Å². The number of amides is 1. The molecular weight excluding hydrogens is 278 g/mol. The van der Waals surface area contributed by atoms with E-state index in [1.54, 1.807) is 20.8 Å². The van der Waals surface area contributed by atoms with Crippen molar-refractivity contribution >= 4 is 28.0 Å². The van der Waals surface area contributed by atoms with Crippen molar-refractivity contribution in [3.8, 4) is 0 Å². The molecule has 0 aromatic carbocycles. The van der Waals surface area contributed by atoms with Gasteiger partial charge in [-0.3, -0.25) is 0 Å². The summed E-state index contributed by atoms with van der Waals surface area (Å²) in [5.41, 5.74) is -0.584. The second-order valence-electron chi connectivity index (χ2n) is 4.20. The number of ether oxygens (including phenoxy) is 2. The zero-order chi connectivity index (χ0) is 12.8. The van der Waals surface area contributed by atoms with E-state index in [1.165, 1.54) is 7.11 Å². The van der Waals surface area contributed by atoms with Crippen molar-refractivity contribution in [3.05, 3.63) is 0 Å². The quantitative estimate of drug-likeness (QED) is 0.635. The number of esters is 1. The molecule has 0 aliphatic heterocycles. The zero-order valence-electron chi connectivity index (χ0n) is 10.0. The Morgan fingerprint density at radius 1 is 1.38 bits per heavy atom. The van der Waals surface area contributed by atoms with E-state index in [0.717, 1.165) is 0 Å². The van der Waals surface area contributed by atoms with Crippen LogP contribution in [0.4, 0.5) is 4.79 Å². The van der Waals surface area contributed by atoms with E-state index in [0.29, 0.717) is 11.8 Å². The molecule has 0 rings (SSSR count). The molecule has 5 nitrogen and oxygen atoms in total. The van der Waals surface area contributed by atoms with E-state index in [2.05, 4.69) is 26.0 Å².